The minimum Gasteiger partial charge on any atom is -0.590 e. The Labute approximate surface area is 189 Å². The Morgan fingerprint density at radius 2 is 1.06 bits per heavy atom. The minimum absolute atomic E-state index is 0.130. The molecule has 0 N–H and O–H groups in total. The predicted molar refractivity (Wildman–Crippen MR) is 112 cm³/mol. The zero-order valence-corrected chi connectivity index (χ0v) is 17.2. The average molecular weight is 472 g/mol. The molecule has 0 saturated carbocycles. The van der Waals surface area contributed by atoms with Gasteiger partial charge in [0.2, 0.25) is 0 Å². The summed E-state index contributed by atoms with van der Waals surface area (Å²) < 4.78 is 75.3. The Kier molecular flexibility index (Phi) is 5.19. The van der Waals surface area contributed by atoms with E-state index in [2.05, 4.69) is 19.3 Å². The smallest absolute Gasteiger partial charge is 0.590 e. The number of aliphatic imine (C=N–C) groups is 2. The van der Waals surface area contributed by atoms with Crippen molar-refractivity contribution >= 4 is 37.5 Å². The second kappa shape index (κ2) is 8.21. The summed E-state index contributed by atoms with van der Waals surface area (Å²) in [4.78, 5) is 8.03. The van der Waals surface area contributed by atoms with Crippen LogP contribution in [0.15, 0.2) is 105 Å². The van der Waals surface area contributed by atoms with Gasteiger partial charge in [0.15, 0.2) is 0 Å². The molecule has 0 aromatic carbocycles. The number of furan rings is 2. The highest BCUT2D eigenvalue weighted by atomic mass is 19.3. The number of fused-ring (bicyclic) bond motifs is 2. The van der Waals surface area contributed by atoms with Crippen molar-refractivity contribution in [3.05, 3.63) is 97.1 Å². The first kappa shape index (κ1) is 21.5. The van der Waals surface area contributed by atoms with Gasteiger partial charge in [-0.05, 0) is 34.3 Å². The van der Waals surface area contributed by atoms with Crippen molar-refractivity contribution in [3.63, 3.8) is 0 Å². The molecule has 4 aromatic rings. The van der Waals surface area contributed by atoms with Gasteiger partial charge in [0.25, 0.3) is 23.4 Å². The van der Waals surface area contributed by atoms with Crippen LogP contribution in [0.1, 0.15) is 11.1 Å². The monoisotopic (exact) mass is 472 g/mol. The summed E-state index contributed by atoms with van der Waals surface area (Å²) in [5.74, 6) is 0.0461. The summed E-state index contributed by atoms with van der Waals surface area (Å²) in [6.45, 7) is 0. The molecular weight excluding hydrogens is 458 g/mol. The van der Waals surface area contributed by atoms with Crippen LogP contribution in [0.5, 0.6) is 0 Å². The molecule has 0 bridgehead atoms. The highest BCUT2D eigenvalue weighted by Crippen LogP contribution is 2.23. The van der Waals surface area contributed by atoms with Crippen molar-refractivity contribution in [2.24, 2.45) is 9.98 Å². The van der Waals surface area contributed by atoms with Gasteiger partial charge in [-0.1, -0.05) is 12.1 Å². The van der Waals surface area contributed by atoms with Crippen LogP contribution in [0.4, 0.5) is 28.9 Å². The topological polar surface area (TPSA) is 77.2 Å². The molecule has 0 saturated heterocycles. The molecule has 14 heteroatoms. The first-order chi connectivity index (χ1) is 16.3. The van der Waals surface area contributed by atoms with Gasteiger partial charge in [0, 0.05) is 12.1 Å². The fraction of sp³-hybridized carbons (Fsp3) is 0. The quantitative estimate of drug-likeness (QED) is 0.329. The molecule has 0 radical (unpaired) electrons. The lowest BCUT2D eigenvalue weighted by Crippen LogP contribution is -2.63. The van der Waals surface area contributed by atoms with E-state index < -0.39 is 14.1 Å². The van der Waals surface area contributed by atoms with E-state index in [9.17, 15) is 17.3 Å². The summed E-state index contributed by atoms with van der Waals surface area (Å²) >= 11 is 0. The summed E-state index contributed by atoms with van der Waals surface area (Å²) in [6, 6.07) is 12.3. The highest BCUT2D eigenvalue weighted by molar-refractivity contribution is 6.53. The van der Waals surface area contributed by atoms with Crippen LogP contribution in [0.2, 0.25) is 0 Å². The lowest BCUT2D eigenvalue weighted by Gasteiger charge is -2.26. The molecule has 0 spiro atoms. The molecule has 8 nitrogen and oxygen atoms in total. The number of aromatic nitrogens is 2. The van der Waals surface area contributed by atoms with Gasteiger partial charge in [0.1, 0.15) is 12.5 Å². The summed E-state index contributed by atoms with van der Waals surface area (Å²) in [5.41, 5.74) is 0.781. The van der Waals surface area contributed by atoms with E-state index in [0.717, 1.165) is 8.96 Å². The van der Waals surface area contributed by atoms with E-state index in [1.54, 1.807) is 12.1 Å². The Hall–Kier alpha value is -4.35. The molecule has 0 fully saturated rings. The maximum absolute atomic E-state index is 13.7. The number of hydrogen-bond donors (Lipinski definition) is 0. The van der Waals surface area contributed by atoms with Gasteiger partial charge < -0.3 is 44.4 Å². The zero-order chi connectivity index (χ0) is 23.8. The fourth-order valence-electron chi connectivity index (χ4n) is 3.27. The molecule has 0 aliphatic carbocycles. The molecule has 6 heterocycles. The fourth-order valence-corrected chi connectivity index (χ4v) is 3.27. The van der Waals surface area contributed by atoms with Gasteiger partial charge >= 0.3 is 14.1 Å². The van der Waals surface area contributed by atoms with Crippen LogP contribution in [0.3, 0.4) is 0 Å². The SMILES string of the molecule is F[B-]1(F)OC(c2ccoc2)=Nc2cccc[n+]21.F[B-]1(F)OC(c2ccoc2)=Nc2cccc[n+]21. The van der Waals surface area contributed by atoms with Crippen LogP contribution in [-0.4, -0.2) is 25.9 Å². The normalized spacial score (nSPS) is 16.9. The standard InChI is InChI=1S/2C10H7BF2N2O2/c2*12-11(13)15-5-2-1-3-9(15)14-10(17-11)8-4-6-16-7-8/h2*1-7H. The number of nitrogens with zero attached hydrogens (tertiary/aromatic N) is 4. The summed E-state index contributed by atoms with van der Waals surface area (Å²) in [6.07, 6.45) is 7.85. The van der Waals surface area contributed by atoms with E-state index >= 15 is 0 Å². The third-order valence-electron chi connectivity index (χ3n) is 4.86. The van der Waals surface area contributed by atoms with Crippen LogP contribution < -0.4 is 8.96 Å². The van der Waals surface area contributed by atoms with Crippen LogP contribution in [0, 0.1) is 0 Å². The lowest BCUT2D eigenvalue weighted by molar-refractivity contribution is -0.569. The Balaban J connectivity index is 0.000000142. The zero-order valence-electron chi connectivity index (χ0n) is 17.2. The number of pyridine rings is 2. The van der Waals surface area contributed by atoms with Crippen LogP contribution >= 0.6 is 0 Å². The van der Waals surface area contributed by atoms with E-state index in [1.165, 1.54) is 73.8 Å². The van der Waals surface area contributed by atoms with Crippen molar-refractivity contribution in [2.45, 2.75) is 0 Å². The Morgan fingerprint density at radius 1 is 0.618 bits per heavy atom. The molecule has 0 amide bonds. The first-order valence-electron chi connectivity index (χ1n) is 9.97. The van der Waals surface area contributed by atoms with Crippen molar-refractivity contribution in [1.29, 1.82) is 0 Å². The van der Waals surface area contributed by atoms with Crippen LogP contribution in [-0.2, 0) is 9.31 Å². The van der Waals surface area contributed by atoms with Gasteiger partial charge in [-0.25, -0.2) is 0 Å². The average Bonchev–Trinajstić information content (AvgIpc) is 3.53. The molecule has 172 valence electrons. The van der Waals surface area contributed by atoms with Crippen LogP contribution in [0.25, 0.3) is 0 Å². The molecule has 2 aliphatic heterocycles. The number of hydrogen-bond acceptors (Lipinski definition) is 6. The van der Waals surface area contributed by atoms with Crippen molar-refractivity contribution in [3.8, 4) is 0 Å². The maximum atomic E-state index is 13.7. The first-order valence-corrected chi connectivity index (χ1v) is 9.97. The number of rotatable bonds is 2. The molecule has 0 unspecified atom stereocenters. The van der Waals surface area contributed by atoms with Gasteiger partial charge in [0.05, 0.1) is 36.0 Å². The lowest BCUT2D eigenvalue weighted by atomic mass is 10.0. The molecule has 2 aliphatic rings. The molecule has 4 aromatic heterocycles. The third-order valence-corrected chi connectivity index (χ3v) is 4.86. The maximum Gasteiger partial charge on any atom is 0.736 e. The second-order valence-electron chi connectivity index (χ2n) is 7.15. The second-order valence-corrected chi connectivity index (χ2v) is 7.15. The summed E-state index contributed by atoms with van der Waals surface area (Å²) in [5, 5.41) is 0. The van der Waals surface area contributed by atoms with Crippen molar-refractivity contribution in [2.75, 3.05) is 0 Å². The molecule has 34 heavy (non-hydrogen) atoms. The van der Waals surface area contributed by atoms with E-state index in [1.807, 2.05) is 0 Å². The van der Waals surface area contributed by atoms with Gasteiger partial charge in [-0.3, -0.25) is 0 Å². The van der Waals surface area contributed by atoms with Gasteiger partial charge in [-0.2, -0.15) is 0 Å². The van der Waals surface area contributed by atoms with Crippen molar-refractivity contribution in [1.82, 2.24) is 0 Å². The van der Waals surface area contributed by atoms with Crippen molar-refractivity contribution < 1.29 is 44.4 Å². The van der Waals surface area contributed by atoms with Gasteiger partial charge in [-0.15, -0.1) is 0 Å². The van der Waals surface area contributed by atoms with E-state index in [-0.39, 0.29) is 23.4 Å². The third kappa shape index (κ3) is 4.05. The summed E-state index contributed by atoms with van der Waals surface area (Å²) in [7, 11) is -8.29. The Bertz CT molecular complexity index is 1270. The minimum atomic E-state index is -4.14. The predicted octanol–water partition coefficient (Wildman–Crippen LogP) is 3.80. The highest BCUT2D eigenvalue weighted by Gasteiger charge is 2.47. The number of halogens is 4. The van der Waals surface area contributed by atoms with E-state index in [4.69, 9.17) is 8.83 Å². The largest absolute Gasteiger partial charge is 0.736 e. The Morgan fingerprint density at radius 3 is 1.44 bits per heavy atom. The molecule has 0 atom stereocenters. The molecular formula is C20H14B2F4N4O4. The van der Waals surface area contributed by atoms with E-state index in [0.29, 0.717) is 11.1 Å². The molecule has 6 rings (SSSR count).